The third-order valence-electron chi connectivity index (χ3n) is 5.00. The lowest BCUT2D eigenvalue weighted by Crippen LogP contribution is -2.44. The highest BCUT2D eigenvalue weighted by Crippen LogP contribution is 2.63. The molecule has 1 aromatic heterocycles. The highest BCUT2D eigenvalue weighted by Gasteiger charge is 2.53. The van der Waals surface area contributed by atoms with E-state index in [1.807, 2.05) is 11.3 Å². The first-order chi connectivity index (χ1) is 9.79. The molecule has 5 rings (SSSR count). The summed E-state index contributed by atoms with van der Waals surface area (Å²) >= 11 is 1.82. The predicted molar refractivity (Wildman–Crippen MR) is 83.1 cm³/mol. The Balaban J connectivity index is 1.96. The van der Waals surface area contributed by atoms with E-state index >= 15 is 0 Å². The van der Waals surface area contributed by atoms with Gasteiger partial charge < -0.3 is 5.11 Å². The van der Waals surface area contributed by atoms with Crippen LogP contribution in [0.1, 0.15) is 29.9 Å². The highest BCUT2D eigenvalue weighted by molar-refractivity contribution is 7.22. The molecular formula is C18H14OS. The van der Waals surface area contributed by atoms with E-state index in [-0.39, 0.29) is 5.92 Å². The molecular weight excluding hydrogens is 264 g/mol. The molecule has 2 aromatic carbocycles. The van der Waals surface area contributed by atoms with E-state index in [0.29, 0.717) is 0 Å². The van der Waals surface area contributed by atoms with Gasteiger partial charge in [0.25, 0.3) is 0 Å². The average molecular weight is 278 g/mol. The van der Waals surface area contributed by atoms with E-state index in [9.17, 15) is 5.11 Å². The van der Waals surface area contributed by atoms with Crippen molar-refractivity contribution in [2.45, 2.75) is 24.4 Å². The van der Waals surface area contributed by atoms with Gasteiger partial charge in [0, 0.05) is 21.1 Å². The van der Waals surface area contributed by atoms with Gasteiger partial charge in [-0.3, -0.25) is 0 Å². The van der Waals surface area contributed by atoms with Crippen LogP contribution in [-0.2, 0) is 5.60 Å². The van der Waals surface area contributed by atoms with Crippen molar-refractivity contribution in [2.24, 2.45) is 0 Å². The van der Waals surface area contributed by atoms with Gasteiger partial charge in [-0.25, -0.2) is 0 Å². The second-order valence-electron chi connectivity index (χ2n) is 5.91. The quantitative estimate of drug-likeness (QED) is 0.635. The fraction of sp³-hybridized carbons (Fsp3) is 0.222. The van der Waals surface area contributed by atoms with Crippen LogP contribution in [0.4, 0.5) is 0 Å². The number of aliphatic hydroxyl groups is 1. The van der Waals surface area contributed by atoms with Crippen LogP contribution in [0.2, 0.25) is 0 Å². The third kappa shape index (κ3) is 1.13. The molecule has 0 aliphatic heterocycles. The number of hydrogen-bond acceptors (Lipinski definition) is 2. The fourth-order valence-corrected chi connectivity index (χ4v) is 5.28. The SMILES string of the molecule is O[C@@]12CC[C@@H]1c1ccccc1-c1sc3ccccc3c12. The molecule has 1 fully saturated rings. The highest BCUT2D eigenvalue weighted by atomic mass is 32.1. The lowest BCUT2D eigenvalue weighted by Gasteiger charge is -2.49. The molecule has 0 unspecified atom stereocenters. The molecule has 2 heteroatoms. The van der Waals surface area contributed by atoms with Gasteiger partial charge in [0.1, 0.15) is 0 Å². The minimum Gasteiger partial charge on any atom is -0.384 e. The summed E-state index contributed by atoms with van der Waals surface area (Å²) in [5.41, 5.74) is 3.22. The van der Waals surface area contributed by atoms with Crippen LogP contribution >= 0.6 is 11.3 Å². The number of rotatable bonds is 0. The third-order valence-corrected chi connectivity index (χ3v) is 6.20. The molecule has 2 aliphatic carbocycles. The normalized spacial score (nSPS) is 26.6. The molecule has 0 spiro atoms. The van der Waals surface area contributed by atoms with E-state index in [1.54, 1.807) is 0 Å². The van der Waals surface area contributed by atoms with Crippen LogP contribution in [0.25, 0.3) is 20.5 Å². The van der Waals surface area contributed by atoms with Crippen LogP contribution in [0, 0.1) is 0 Å². The maximum atomic E-state index is 11.2. The molecule has 1 saturated carbocycles. The Morgan fingerprint density at radius 3 is 2.70 bits per heavy atom. The van der Waals surface area contributed by atoms with Crippen molar-refractivity contribution < 1.29 is 5.11 Å². The Kier molecular flexibility index (Phi) is 1.94. The minimum atomic E-state index is -0.636. The molecule has 1 N–H and O–H groups in total. The first-order valence-corrected chi connectivity index (χ1v) is 7.94. The summed E-state index contributed by atoms with van der Waals surface area (Å²) < 4.78 is 1.29. The van der Waals surface area contributed by atoms with E-state index < -0.39 is 5.60 Å². The largest absolute Gasteiger partial charge is 0.384 e. The lowest BCUT2D eigenvalue weighted by molar-refractivity contribution is -0.0640. The summed E-state index contributed by atoms with van der Waals surface area (Å²) in [4.78, 5) is 1.28. The Morgan fingerprint density at radius 1 is 1.05 bits per heavy atom. The molecule has 98 valence electrons. The van der Waals surface area contributed by atoms with Crippen LogP contribution in [0.5, 0.6) is 0 Å². The van der Waals surface area contributed by atoms with E-state index in [0.717, 1.165) is 12.8 Å². The van der Waals surface area contributed by atoms with Gasteiger partial charge in [-0.05, 0) is 35.4 Å². The molecule has 20 heavy (non-hydrogen) atoms. The van der Waals surface area contributed by atoms with Crippen molar-refractivity contribution in [1.29, 1.82) is 0 Å². The van der Waals surface area contributed by atoms with Crippen molar-refractivity contribution in [3.63, 3.8) is 0 Å². The number of thiophene rings is 1. The Hall–Kier alpha value is -1.64. The molecule has 0 amide bonds. The van der Waals surface area contributed by atoms with Crippen molar-refractivity contribution >= 4 is 21.4 Å². The summed E-state index contributed by atoms with van der Waals surface area (Å²) in [5, 5.41) is 12.5. The molecule has 2 aliphatic rings. The van der Waals surface area contributed by atoms with Gasteiger partial charge in [-0.2, -0.15) is 0 Å². The molecule has 3 aromatic rings. The zero-order valence-corrected chi connectivity index (χ0v) is 11.8. The summed E-state index contributed by atoms with van der Waals surface area (Å²) in [6, 6.07) is 17.1. The van der Waals surface area contributed by atoms with Crippen molar-refractivity contribution in [3.8, 4) is 10.4 Å². The molecule has 0 saturated heterocycles. The summed E-state index contributed by atoms with van der Waals surface area (Å²) in [6.45, 7) is 0. The van der Waals surface area contributed by atoms with Crippen molar-refractivity contribution in [3.05, 3.63) is 59.7 Å². The Morgan fingerprint density at radius 2 is 1.85 bits per heavy atom. The van der Waals surface area contributed by atoms with Gasteiger partial charge in [0.15, 0.2) is 0 Å². The first-order valence-electron chi connectivity index (χ1n) is 7.13. The van der Waals surface area contributed by atoms with E-state index in [1.165, 1.54) is 31.7 Å². The van der Waals surface area contributed by atoms with Gasteiger partial charge >= 0.3 is 0 Å². The molecule has 1 heterocycles. The average Bonchev–Trinajstić information content (AvgIpc) is 2.85. The zero-order chi connectivity index (χ0) is 13.3. The second-order valence-corrected chi connectivity index (χ2v) is 6.96. The van der Waals surface area contributed by atoms with Gasteiger partial charge in [-0.15, -0.1) is 11.3 Å². The number of benzene rings is 2. The molecule has 0 bridgehead atoms. The van der Waals surface area contributed by atoms with Crippen LogP contribution in [-0.4, -0.2) is 5.11 Å². The van der Waals surface area contributed by atoms with Crippen LogP contribution in [0.15, 0.2) is 48.5 Å². The van der Waals surface area contributed by atoms with Crippen LogP contribution in [0.3, 0.4) is 0 Å². The topological polar surface area (TPSA) is 20.2 Å². The van der Waals surface area contributed by atoms with Crippen molar-refractivity contribution in [1.82, 2.24) is 0 Å². The zero-order valence-electron chi connectivity index (χ0n) is 11.0. The number of fused-ring (bicyclic) bond motifs is 8. The standard InChI is InChI=1S/C18H14OS/c19-18-10-9-14(18)11-5-1-2-6-12(11)17-16(18)13-7-3-4-8-15(13)20-17/h1-8,14,19H,9-10H2/t14-,18+/m1/s1. The first kappa shape index (κ1) is 11.1. The minimum absolute atomic E-state index is 0.282. The summed E-state index contributed by atoms with van der Waals surface area (Å²) in [6.07, 6.45) is 1.98. The molecule has 1 nitrogen and oxygen atoms in total. The second kappa shape index (κ2) is 3.51. The monoisotopic (exact) mass is 278 g/mol. The van der Waals surface area contributed by atoms with E-state index in [4.69, 9.17) is 0 Å². The van der Waals surface area contributed by atoms with Crippen LogP contribution < -0.4 is 0 Å². The predicted octanol–water partition coefficient (Wildman–Crippen LogP) is 4.65. The molecule has 2 atom stereocenters. The Bertz CT molecular complexity index is 848. The summed E-state index contributed by atoms with van der Waals surface area (Å²) in [7, 11) is 0. The van der Waals surface area contributed by atoms with E-state index in [2.05, 4.69) is 48.5 Å². The van der Waals surface area contributed by atoms with Crippen molar-refractivity contribution in [2.75, 3.05) is 0 Å². The van der Waals surface area contributed by atoms with Gasteiger partial charge in [0.2, 0.25) is 0 Å². The molecule has 0 radical (unpaired) electrons. The maximum absolute atomic E-state index is 11.2. The van der Waals surface area contributed by atoms with Gasteiger partial charge in [0.05, 0.1) is 5.60 Å². The van der Waals surface area contributed by atoms with Gasteiger partial charge in [-0.1, -0.05) is 42.5 Å². The maximum Gasteiger partial charge on any atom is 0.0985 e. The number of hydrogen-bond donors (Lipinski definition) is 1. The fourth-order valence-electron chi connectivity index (χ4n) is 3.95. The smallest absolute Gasteiger partial charge is 0.0985 e. The lowest BCUT2D eigenvalue weighted by atomic mass is 9.58. The summed E-state index contributed by atoms with van der Waals surface area (Å²) in [5.74, 6) is 0.282. The Labute approximate surface area is 121 Å².